The van der Waals surface area contributed by atoms with E-state index in [1.54, 1.807) is 36.4 Å². The summed E-state index contributed by atoms with van der Waals surface area (Å²) < 4.78 is 16.8. The maximum atomic E-state index is 12.7. The zero-order valence-electron chi connectivity index (χ0n) is 20.0. The van der Waals surface area contributed by atoms with Crippen molar-refractivity contribution in [3.05, 3.63) is 66.3 Å². The van der Waals surface area contributed by atoms with Gasteiger partial charge in [0.05, 0.1) is 18.8 Å². The van der Waals surface area contributed by atoms with Crippen LogP contribution in [0.15, 0.2) is 55.1 Å². The molecule has 1 aliphatic rings. The second-order valence-corrected chi connectivity index (χ2v) is 8.36. The lowest BCUT2D eigenvalue weighted by molar-refractivity contribution is -0.210. The van der Waals surface area contributed by atoms with Gasteiger partial charge < -0.3 is 19.3 Å². The van der Waals surface area contributed by atoms with E-state index >= 15 is 0 Å². The van der Waals surface area contributed by atoms with Gasteiger partial charge in [-0.2, -0.15) is 0 Å². The van der Waals surface area contributed by atoms with Crippen LogP contribution in [0, 0.1) is 5.92 Å². The lowest BCUT2D eigenvalue weighted by atomic mass is 9.93. The molecule has 1 unspecified atom stereocenters. The number of ether oxygens (including phenoxy) is 3. The summed E-state index contributed by atoms with van der Waals surface area (Å²) in [4.78, 5) is 35.4. The van der Waals surface area contributed by atoms with E-state index in [0.717, 1.165) is 24.5 Å². The van der Waals surface area contributed by atoms with Crippen LogP contribution in [0.4, 0.5) is 0 Å². The number of unbranched alkanes of at least 4 members (excludes halogenated alkanes) is 1. The first-order chi connectivity index (χ1) is 16.3. The van der Waals surface area contributed by atoms with Crippen molar-refractivity contribution in [2.24, 2.45) is 5.92 Å². The fraction of sp³-hybridized carbons (Fsp3) is 0.444. The molecule has 0 aliphatic heterocycles. The molecule has 0 spiro atoms. The largest absolute Gasteiger partial charge is 0.478 e. The SMILES string of the molecule is C=CC(=O)OCCC[C@@H](C)CC(=O)OC1(OCCCC)C=CC(c2ccccc2C(=O)O)=CC1. The maximum Gasteiger partial charge on any atom is 0.336 e. The van der Waals surface area contributed by atoms with Gasteiger partial charge in [-0.25, -0.2) is 9.59 Å². The molecular weight excluding hydrogens is 436 g/mol. The zero-order valence-corrected chi connectivity index (χ0v) is 20.0. The molecule has 0 radical (unpaired) electrons. The van der Waals surface area contributed by atoms with Crippen LogP contribution in [0.1, 0.15) is 68.3 Å². The Kier molecular flexibility index (Phi) is 10.7. The fourth-order valence-corrected chi connectivity index (χ4v) is 3.61. The number of hydrogen-bond acceptors (Lipinski definition) is 6. The Balaban J connectivity index is 2.02. The van der Waals surface area contributed by atoms with Gasteiger partial charge >= 0.3 is 17.9 Å². The Bertz CT molecular complexity index is 931. The van der Waals surface area contributed by atoms with E-state index in [4.69, 9.17) is 14.2 Å². The molecule has 1 aliphatic carbocycles. The topological polar surface area (TPSA) is 99.1 Å². The van der Waals surface area contributed by atoms with Crippen molar-refractivity contribution in [1.82, 2.24) is 0 Å². The minimum atomic E-state index is -1.22. The molecule has 0 heterocycles. The van der Waals surface area contributed by atoms with Crippen molar-refractivity contribution in [3.8, 4) is 0 Å². The third-order valence-corrected chi connectivity index (χ3v) is 5.49. The number of rotatable bonds is 14. The highest BCUT2D eigenvalue weighted by Gasteiger charge is 2.34. The van der Waals surface area contributed by atoms with Crippen molar-refractivity contribution < 1.29 is 33.7 Å². The summed E-state index contributed by atoms with van der Waals surface area (Å²) in [5.41, 5.74) is 1.55. The van der Waals surface area contributed by atoms with Crippen LogP contribution < -0.4 is 0 Å². The quantitative estimate of drug-likeness (QED) is 0.170. The first-order valence-electron chi connectivity index (χ1n) is 11.7. The van der Waals surface area contributed by atoms with Gasteiger partial charge in [0.15, 0.2) is 0 Å². The Morgan fingerprint density at radius 3 is 2.62 bits per heavy atom. The molecule has 34 heavy (non-hydrogen) atoms. The Morgan fingerprint density at radius 1 is 1.21 bits per heavy atom. The molecule has 0 aromatic heterocycles. The van der Waals surface area contributed by atoms with Gasteiger partial charge in [0.25, 0.3) is 0 Å². The molecule has 184 valence electrons. The standard InChI is InChI=1S/C27H34O7/c1-4-6-18-33-27(34-25(29)19-20(3)10-9-17-32-24(28)5-2)15-13-21(14-16-27)22-11-7-8-12-23(22)26(30)31/h5,7-8,11-15,20H,2,4,6,9-10,16-19H2,1,3H3,(H,30,31)/t20-,27?/m1/s1. The summed E-state index contributed by atoms with van der Waals surface area (Å²) in [6.07, 6.45) is 10.0. The molecular formula is C27H34O7. The molecule has 7 nitrogen and oxygen atoms in total. The number of hydrogen-bond donors (Lipinski definition) is 1. The number of benzene rings is 1. The number of esters is 2. The lowest BCUT2D eigenvalue weighted by Crippen LogP contribution is -2.37. The van der Waals surface area contributed by atoms with Crippen LogP contribution in [0.25, 0.3) is 5.57 Å². The van der Waals surface area contributed by atoms with Crippen LogP contribution in [0.2, 0.25) is 0 Å². The zero-order chi connectivity index (χ0) is 25.0. The third kappa shape index (κ3) is 8.30. The molecule has 0 amide bonds. The van der Waals surface area contributed by atoms with Gasteiger partial charge in [-0.3, -0.25) is 4.79 Å². The molecule has 0 bridgehead atoms. The molecule has 0 saturated heterocycles. The van der Waals surface area contributed by atoms with Gasteiger partial charge in [-0.1, -0.05) is 57.2 Å². The molecule has 1 aromatic rings. The van der Waals surface area contributed by atoms with Gasteiger partial charge in [-0.05, 0) is 48.5 Å². The number of carbonyl (C=O) groups excluding carboxylic acids is 2. The van der Waals surface area contributed by atoms with Crippen LogP contribution in [0.5, 0.6) is 0 Å². The third-order valence-electron chi connectivity index (χ3n) is 5.49. The van der Waals surface area contributed by atoms with Crippen molar-refractivity contribution in [2.45, 2.75) is 58.2 Å². The van der Waals surface area contributed by atoms with E-state index in [9.17, 15) is 19.5 Å². The smallest absolute Gasteiger partial charge is 0.336 e. The normalized spacial score (nSPS) is 18.0. The Labute approximate surface area is 201 Å². The number of carbonyl (C=O) groups is 3. The van der Waals surface area contributed by atoms with E-state index < -0.39 is 17.7 Å². The average molecular weight is 471 g/mol. The highest BCUT2D eigenvalue weighted by Crippen LogP contribution is 2.33. The first-order valence-corrected chi connectivity index (χ1v) is 11.7. The maximum absolute atomic E-state index is 12.7. The van der Waals surface area contributed by atoms with E-state index in [1.807, 2.05) is 19.9 Å². The van der Waals surface area contributed by atoms with E-state index in [0.29, 0.717) is 25.0 Å². The van der Waals surface area contributed by atoms with Crippen LogP contribution in [-0.4, -0.2) is 42.0 Å². The van der Waals surface area contributed by atoms with Gasteiger partial charge in [0, 0.05) is 18.9 Å². The number of carboxylic acid groups (broad SMARTS) is 1. The molecule has 1 aromatic carbocycles. The van der Waals surface area contributed by atoms with E-state index in [1.165, 1.54) is 0 Å². The summed E-state index contributed by atoms with van der Waals surface area (Å²) in [7, 11) is 0. The predicted molar refractivity (Wildman–Crippen MR) is 129 cm³/mol. The summed E-state index contributed by atoms with van der Waals surface area (Å²) in [5.74, 6) is -3.00. The molecule has 2 rings (SSSR count). The van der Waals surface area contributed by atoms with Gasteiger partial charge in [-0.15, -0.1) is 0 Å². The number of aromatic carboxylic acids is 1. The Morgan fingerprint density at radius 2 is 1.97 bits per heavy atom. The second-order valence-electron chi connectivity index (χ2n) is 8.36. The fourth-order valence-electron chi connectivity index (χ4n) is 3.61. The summed E-state index contributed by atoms with van der Waals surface area (Å²) in [6, 6.07) is 6.79. The second kappa shape index (κ2) is 13.5. The van der Waals surface area contributed by atoms with Crippen LogP contribution in [0.3, 0.4) is 0 Å². The lowest BCUT2D eigenvalue weighted by Gasteiger charge is -2.32. The van der Waals surface area contributed by atoms with Crippen molar-refractivity contribution in [3.63, 3.8) is 0 Å². The first kappa shape index (κ1) is 27.1. The highest BCUT2D eigenvalue weighted by atomic mass is 16.7. The van der Waals surface area contributed by atoms with E-state index in [-0.39, 0.29) is 36.9 Å². The molecule has 2 atom stereocenters. The minimum Gasteiger partial charge on any atom is -0.478 e. The van der Waals surface area contributed by atoms with Gasteiger partial charge in [0.1, 0.15) is 0 Å². The summed E-state index contributed by atoms with van der Waals surface area (Å²) in [6.45, 7) is 8.06. The van der Waals surface area contributed by atoms with E-state index in [2.05, 4.69) is 6.58 Å². The monoisotopic (exact) mass is 470 g/mol. The molecule has 1 N–H and O–H groups in total. The van der Waals surface area contributed by atoms with Crippen molar-refractivity contribution in [2.75, 3.05) is 13.2 Å². The van der Waals surface area contributed by atoms with Crippen LogP contribution >= 0.6 is 0 Å². The van der Waals surface area contributed by atoms with Crippen molar-refractivity contribution >= 4 is 23.5 Å². The van der Waals surface area contributed by atoms with Gasteiger partial charge in [0.2, 0.25) is 5.79 Å². The summed E-state index contributed by atoms with van der Waals surface area (Å²) in [5, 5.41) is 9.49. The number of allylic oxidation sites excluding steroid dienone is 2. The number of carboxylic acids is 1. The summed E-state index contributed by atoms with van der Waals surface area (Å²) >= 11 is 0. The minimum absolute atomic E-state index is 0.0451. The Hall–Kier alpha value is -3.19. The van der Waals surface area contributed by atoms with Crippen molar-refractivity contribution in [1.29, 1.82) is 0 Å². The molecule has 0 saturated carbocycles. The molecule has 7 heteroatoms. The predicted octanol–water partition coefficient (Wildman–Crippen LogP) is 5.32. The average Bonchev–Trinajstić information content (AvgIpc) is 2.82. The highest BCUT2D eigenvalue weighted by molar-refractivity contribution is 5.95. The van der Waals surface area contributed by atoms with Crippen LogP contribution in [-0.2, 0) is 23.8 Å². The molecule has 0 fully saturated rings.